The summed E-state index contributed by atoms with van der Waals surface area (Å²) in [5.74, 6) is 1.69. The summed E-state index contributed by atoms with van der Waals surface area (Å²) in [6, 6.07) is 8.42. The maximum absolute atomic E-state index is 12.8. The van der Waals surface area contributed by atoms with Gasteiger partial charge in [-0.05, 0) is 49.3 Å². The molecular weight excluding hydrogens is 316 g/mol. The Bertz CT molecular complexity index is 610. The number of rotatable bonds is 4. The van der Waals surface area contributed by atoms with Crippen molar-refractivity contribution in [1.29, 1.82) is 0 Å². The summed E-state index contributed by atoms with van der Waals surface area (Å²) in [5, 5.41) is 10.1. The van der Waals surface area contributed by atoms with Gasteiger partial charge in [-0.2, -0.15) is 0 Å². The van der Waals surface area contributed by atoms with Crippen LogP contribution in [0.2, 0.25) is 0 Å². The molecule has 5 nitrogen and oxygen atoms in total. The molecule has 2 saturated carbocycles. The first-order chi connectivity index (χ1) is 12.2. The molecule has 3 aliphatic rings. The van der Waals surface area contributed by atoms with Crippen molar-refractivity contribution in [2.75, 3.05) is 33.3 Å². The van der Waals surface area contributed by atoms with E-state index in [2.05, 4.69) is 17.0 Å². The Kier molecular flexibility index (Phi) is 4.69. The second-order valence-corrected chi connectivity index (χ2v) is 7.65. The molecule has 1 heterocycles. The number of piperazine rings is 1. The smallest absolute Gasteiger partial charge is 0.226 e. The van der Waals surface area contributed by atoms with E-state index in [0.717, 1.165) is 57.6 Å². The number of ether oxygens (including phenoxy) is 1. The lowest BCUT2D eigenvalue weighted by Gasteiger charge is -2.39. The molecule has 3 fully saturated rings. The molecule has 25 heavy (non-hydrogen) atoms. The number of aliphatic hydroxyl groups excluding tert-OH is 1. The SMILES string of the molecule is COc1ccc([C@@H]2C[C@@H]2C(=O)N2CCN([C@H]3CCC[C@H]3O)CC2)cc1. The lowest BCUT2D eigenvalue weighted by atomic mass is 10.1. The van der Waals surface area contributed by atoms with Crippen molar-refractivity contribution in [2.24, 2.45) is 5.92 Å². The van der Waals surface area contributed by atoms with Gasteiger partial charge >= 0.3 is 0 Å². The van der Waals surface area contributed by atoms with Gasteiger partial charge in [-0.3, -0.25) is 9.69 Å². The predicted molar refractivity (Wildman–Crippen MR) is 95.6 cm³/mol. The van der Waals surface area contributed by atoms with Gasteiger partial charge in [-0.15, -0.1) is 0 Å². The van der Waals surface area contributed by atoms with Crippen LogP contribution >= 0.6 is 0 Å². The summed E-state index contributed by atoms with van der Waals surface area (Å²) in [6.45, 7) is 3.39. The average Bonchev–Trinajstić information content (AvgIpc) is 3.35. The van der Waals surface area contributed by atoms with Crippen LogP contribution in [0.5, 0.6) is 5.75 Å². The summed E-state index contributed by atoms with van der Waals surface area (Å²) in [7, 11) is 1.67. The molecule has 1 N–H and O–H groups in total. The number of benzene rings is 1. The number of aliphatic hydroxyl groups is 1. The zero-order valence-electron chi connectivity index (χ0n) is 14.9. The van der Waals surface area contributed by atoms with E-state index in [-0.39, 0.29) is 12.0 Å². The highest BCUT2D eigenvalue weighted by Gasteiger charge is 2.46. The van der Waals surface area contributed by atoms with Gasteiger partial charge in [-0.1, -0.05) is 12.1 Å². The lowest BCUT2D eigenvalue weighted by molar-refractivity contribution is -0.135. The molecule has 1 aliphatic heterocycles. The van der Waals surface area contributed by atoms with Gasteiger partial charge in [0.2, 0.25) is 5.91 Å². The molecule has 0 unspecified atom stereocenters. The number of amides is 1. The Morgan fingerprint density at radius 3 is 2.44 bits per heavy atom. The number of hydrogen-bond donors (Lipinski definition) is 1. The highest BCUT2D eigenvalue weighted by Crippen LogP contribution is 2.48. The van der Waals surface area contributed by atoms with E-state index >= 15 is 0 Å². The number of carbonyl (C=O) groups is 1. The molecule has 4 atom stereocenters. The third kappa shape index (κ3) is 3.40. The van der Waals surface area contributed by atoms with Crippen LogP contribution in [-0.4, -0.2) is 66.2 Å². The molecule has 4 rings (SSSR count). The third-order valence-electron chi connectivity index (χ3n) is 6.19. The van der Waals surface area contributed by atoms with Crippen molar-refractivity contribution in [3.8, 4) is 5.75 Å². The molecular formula is C20H28N2O3. The minimum absolute atomic E-state index is 0.150. The van der Waals surface area contributed by atoms with Crippen LogP contribution in [0.15, 0.2) is 24.3 Å². The van der Waals surface area contributed by atoms with Crippen LogP contribution in [0, 0.1) is 5.92 Å². The second kappa shape index (κ2) is 6.96. The minimum atomic E-state index is -0.176. The van der Waals surface area contributed by atoms with Crippen LogP contribution in [-0.2, 0) is 4.79 Å². The fourth-order valence-corrected chi connectivity index (χ4v) is 4.54. The van der Waals surface area contributed by atoms with Crippen molar-refractivity contribution < 1.29 is 14.6 Å². The van der Waals surface area contributed by atoms with Crippen LogP contribution in [0.25, 0.3) is 0 Å². The maximum atomic E-state index is 12.8. The molecule has 2 aliphatic carbocycles. The van der Waals surface area contributed by atoms with Crippen molar-refractivity contribution >= 4 is 5.91 Å². The molecule has 0 aromatic heterocycles. The monoisotopic (exact) mass is 344 g/mol. The molecule has 1 aromatic rings. The van der Waals surface area contributed by atoms with E-state index in [4.69, 9.17) is 4.74 Å². The standard InChI is InChI=1S/C20H28N2O3/c1-25-15-7-5-14(6-8-15)16-13-17(16)20(24)22-11-9-21(10-12-22)18-3-2-4-19(18)23/h5-8,16-19,23H,2-4,9-13H2,1H3/t16-,17-,18-,19+/m0/s1. The normalized spacial score (nSPS) is 32.6. The largest absolute Gasteiger partial charge is 0.497 e. The van der Waals surface area contributed by atoms with E-state index in [1.807, 2.05) is 17.0 Å². The van der Waals surface area contributed by atoms with Gasteiger partial charge in [0, 0.05) is 38.1 Å². The van der Waals surface area contributed by atoms with Crippen LogP contribution in [0.3, 0.4) is 0 Å². The van der Waals surface area contributed by atoms with Gasteiger partial charge in [-0.25, -0.2) is 0 Å². The Morgan fingerprint density at radius 1 is 1.12 bits per heavy atom. The van der Waals surface area contributed by atoms with E-state index in [1.54, 1.807) is 7.11 Å². The highest BCUT2D eigenvalue weighted by molar-refractivity contribution is 5.83. The zero-order chi connectivity index (χ0) is 17.4. The average molecular weight is 344 g/mol. The van der Waals surface area contributed by atoms with Gasteiger partial charge in [0.05, 0.1) is 13.2 Å². The summed E-state index contributed by atoms with van der Waals surface area (Å²) in [4.78, 5) is 17.2. The minimum Gasteiger partial charge on any atom is -0.497 e. The van der Waals surface area contributed by atoms with E-state index < -0.39 is 0 Å². The molecule has 1 saturated heterocycles. The molecule has 1 amide bonds. The summed E-state index contributed by atoms with van der Waals surface area (Å²) < 4.78 is 5.20. The number of carbonyl (C=O) groups excluding carboxylic acids is 1. The topological polar surface area (TPSA) is 53.0 Å². The second-order valence-electron chi connectivity index (χ2n) is 7.65. The van der Waals surface area contributed by atoms with Crippen LogP contribution < -0.4 is 4.74 Å². The van der Waals surface area contributed by atoms with Crippen LogP contribution in [0.4, 0.5) is 0 Å². The van der Waals surface area contributed by atoms with Gasteiger partial charge in [0.1, 0.15) is 5.75 Å². The highest BCUT2D eigenvalue weighted by atomic mass is 16.5. The Labute approximate surface area is 149 Å². The van der Waals surface area contributed by atoms with Crippen molar-refractivity contribution in [2.45, 2.75) is 43.7 Å². The summed E-state index contributed by atoms with van der Waals surface area (Å²) >= 11 is 0. The Hall–Kier alpha value is -1.59. The quantitative estimate of drug-likeness (QED) is 0.906. The first-order valence-corrected chi connectivity index (χ1v) is 9.52. The number of hydrogen-bond acceptors (Lipinski definition) is 4. The maximum Gasteiger partial charge on any atom is 0.226 e. The third-order valence-corrected chi connectivity index (χ3v) is 6.19. The van der Waals surface area contributed by atoms with Gasteiger partial charge in [0.15, 0.2) is 0 Å². The van der Waals surface area contributed by atoms with Gasteiger partial charge in [0.25, 0.3) is 0 Å². The summed E-state index contributed by atoms with van der Waals surface area (Å²) in [6.07, 6.45) is 3.93. The summed E-state index contributed by atoms with van der Waals surface area (Å²) in [5.41, 5.74) is 1.24. The van der Waals surface area contributed by atoms with Crippen molar-refractivity contribution in [3.05, 3.63) is 29.8 Å². The Balaban J connectivity index is 1.29. The fourth-order valence-electron chi connectivity index (χ4n) is 4.54. The molecule has 136 valence electrons. The van der Waals surface area contributed by atoms with Crippen molar-refractivity contribution in [1.82, 2.24) is 9.80 Å². The van der Waals surface area contributed by atoms with E-state index in [9.17, 15) is 9.90 Å². The molecule has 0 spiro atoms. The number of methoxy groups -OCH3 is 1. The first kappa shape index (κ1) is 16.9. The number of nitrogens with zero attached hydrogens (tertiary/aromatic N) is 2. The van der Waals surface area contributed by atoms with Gasteiger partial charge < -0.3 is 14.7 Å². The Morgan fingerprint density at radius 2 is 1.84 bits per heavy atom. The lowest BCUT2D eigenvalue weighted by Crippen LogP contribution is -2.54. The first-order valence-electron chi connectivity index (χ1n) is 9.52. The molecule has 0 bridgehead atoms. The van der Waals surface area contributed by atoms with E-state index in [0.29, 0.717) is 17.9 Å². The van der Waals surface area contributed by atoms with E-state index in [1.165, 1.54) is 5.56 Å². The fraction of sp³-hybridized carbons (Fsp3) is 0.650. The molecule has 0 radical (unpaired) electrons. The van der Waals surface area contributed by atoms with Crippen molar-refractivity contribution in [3.63, 3.8) is 0 Å². The van der Waals surface area contributed by atoms with Crippen LogP contribution in [0.1, 0.15) is 37.2 Å². The predicted octanol–water partition coefficient (Wildman–Crippen LogP) is 1.86. The molecule has 5 heteroatoms. The molecule has 1 aromatic carbocycles. The zero-order valence-corrected chi connectivity index (χ0v) is 14.9.